The molecule has 2 aliphatic carbocycles. The zero-order valence-corrected chi connectivity index (χ0v) is 11.9. The number of aryl methyl sites for hydroxylation is 1. The van der Waals surface area contributed by atoms with E-state index in [1.54, 1.807) is 0 Å². The van der Waals surface area contributed by atoms with E-state index in [0.29, 0.717) is 6.10 Å². The van der Waals surface area contributed by atoms with Crippen LogP contribution in [0.15, 0.2) is 18.2 Å². The van der Waals surface area contributed by atoms with Gasteiger partial charge in [-0.05, 0) is 67.7 Å². The predicted molar refractivity (Wildman–Crippen MR) is 78.4 cm³/mol. The maximum Gasteiger partial charge on any atom is 0.120 e. The first kappa shape index (κ1) is 13.0. The Morgan fingerprint density at radius 2 is 2.05 bits per heavy atom. The monoisotopic (exact) mass is 259 g/mol. The summed E-state index contributed by atoms with van der Waals surface area (Å²) in [7, 11) is 0. The summed E-state index contributed by atoms with van der Waals surface area (Å²) in [6.07, 6.45) is 9.09. The molecule has 104 valence electrons. The topological polar surface area (TPSA) is 35.2 Å². The van der Waals surface area contributed by atoms with Crippen LogP contribution in [0.1, 0.15) is 62.6 Å². The van der Waals surface area contributed by atoms with Crippen molar-refractivity contribution in [3.8, 4) is 5.75 Å². The Balaban J connectivity index is 1.73. The highest BCUT2D eigenvalue weighted by Crippen LogP contribution is 2.34. The maximum atomic E-state index is 6.28. The van der Waals surface area contributed by atoms with E-state index >= 15 is 0 Å². The third kappa shape index (κ3) is 2.64. The Hall–Kier alpha value is -1.02. The number of hydrogen-bond donors (Lipinski definition) is 1. The number of benzene rings is 1. The number of fused-ring (bicyclic) bond motifs is 1. The molecule has 3 atom stereocenters. The molecule has 0 bridgehead atoms. The number of nitrogens with two attached hydrogens (primary N) is 1. The zero-order chi connectivity index (χ0) is 13.2. The fourth-order valence-electron chi connectivity index (χ4n) is 3.67. The van der Waals surface area contributed by atoms with Gasteiger partial charge in [0, 0.05) is 6.04 Å². The SMILES string of the molecule is CCC1CCCCC1Oc1ccc2c(c1)CC[C@H]2N. The summed E-state index contributed by atoms with van der Waals surface area (Å²) in [5.74, 6) is 1.79. The van der Waals surface area contributed by atoms with E-state index < -0.39 is 0 Å². The van der Waals surface area contributed by atoms with E-state index in [9.17, 15) is 0 Å². The van der Waals surface area contributed by atoms with E-state index in [0.717, 1.165) is 24.5 Å². The van der Waals surface area contributed by atoms with E-state index in [1.807, 2.05) is 0 Å². The average Bonchev–Trinajstić information content (AvgIpc) is 2.81. The van der Waals surface area contributed by atoms with Crippen LogP contribution in [0.25, 0.3) is 0 Å². The first-order chi connectivity index (χ1) is 9.28. The van der Waals surface area contributed by atoms with Crippen molar-refractivity contribution < 1.29 is 4.74 Å². The molecule has 2 nitrogen and oxygen atoms in total. The fraction of sp³-hybridized carbons (Fsp3) is 0.647. The summed E-state index contributed by atoms with van der Waals surface area (Å²) in [4.78, 5) is 0. The molecular formula is C17H25NO. The Morgan fingerprint density at radius 1 is 1.21 bits per heavy atom. The molecule has 2 aliphatic rings. The van der Waals surface area contributed by atoms with Crippen LogP contribution < -0.4 is 10.5 Å². The second-order valence-corrected chi connectivity index (χ2v) is 6.11. The molecule has 19 heavy (non-hydrogen) atoms. The van der Waals surface area contributed by atoms with Crippen molar-refractivity contribution >= 4 is 0 Å². The molecule has 0 aliphatic heterocycles. The third-order valence-electron chi connectivity index (χ3n) is 4.89. The molecule has 0 spiro atoms. The lowest BCUT2D eigenvalue weighted by atomic mass is 9.85. The highest BCUT2D eigenvalue weighted by Gasteiger charge is 2.26. The molecule has 0 saturated heterocycles. The van der Waals surface area contributed by atoms with Crippen LogP contribution in [0.4, 0.5) is 0 Å². The summed E-state index contributed by atoms with van der Waals surface area (Å²) >= 11 is 0. The van der Waals surface area contributed by atoms with Crippen molar-refractivity contribution in [3.05, 3.63) is 29.3 Å². The molecule has 2 heteroatoms. The molecule has 1 fully saturated rings. The number of ether oxygens (including phenoxy) is 1. The normalized spacial score (nSPS) is 30.1. The molecule has 2 N–H and O–H groups in total. The van der Waals surface area contributed by atoms with E-state index in [2.05, 4.69) is 25.1 Å². The molecule has 3 rings (SSSR count). The van der Waals surface area contributed by atoms with Crippen LogP contribution in [-0.4, -0.2) is 6.10 Å². The molecular weight excluding hydrogens is 234 g/mol. The smallest absolute Gasteiger partial charge is 0.120 e. The molecule has 0 radical (unpaired) electrons. The van der Waals surface area contributed by atoms with Gasteiger partial charge in [0.1, 0.15) is 11.9 Å². The quantitative estimate of drug-likeness (QED) is 0.891. The molecule has 2 unspecified atom stereocenters. The lowest BCUT2D eigenvalue weighted by molar-refractivity contribution is 0.0903. The summed E-state index contributed by atoms with van der Waals surface area (Å²) in [5.41, 5.74) is 8.80. The maximum absolute atomic E-state index is 6.28. The highest BCUT2D eigenvalue weighted by molar-refractivity contribution is 5.40. The minimum Gasteiger partial charge on any atom is -0.490 e. The Morgan fingerprint density at radius 3 is 2.89 bits per heavy atom. The van der Waals surface area contributed by atoms with E-state index in [1.165, 1.54) is 43.2 Å². The summed E-state index contributed by atoms with van der Waals surface area (Å²) < 4.78 is 6.28. The van der Waals surface area contributed by atoms with Crippen LogP contribution in [0.2, 0.25) is 0 Å². The van der Waals surface area contributed by atoms with Crippen LogP contribution in [0, 0.1) is 5.92 Å². The van der Waals surface area contributed by atoms with Crippen molar-refractivity contribution in [3.63, 3.8) is 0 Å². The number of hydrogen-bond acceptors (Lipinski definition) is 2. The lowest BCUT2D eigenvalue weighted by Gasteiger charge is -2.31. The molecule has 1 aromatic rings. The van der Waals surface area contributed by atoms with Gasteiger partial charge < -0.3 is 10.5 Å². The highest BCUT2D eigenvalue weighted by atomic mass is 16.5. The molecule has 1 aromatic carbocycles. The average molecular weight is 259 g/mol. The second kappa shape index (κ2) is 5.54. The van der Waals surface area contributed by atoms with E-state index in [4.69, 9.17) is 10.5 Å². The van der Waals surface area contributed by atoms with Crippen molar-refractivity contribution in [2.24, 2.45) is 11.7 Å². The van der Waals surface area contributed by atoms with Crippen LogP contribution in [0.5, 0.6) is 5.75 Å². The minimum atomic E-state index is 0.238. The summed E-state index contributed by atoms with van der Waals surface area (Å²) in [6.45, 7) is 2.29. The van der Waals surface area contributed by atoms with Gasteiger partial charge in [0.25, 0.3) is 0 Å². The zero-order valence-electron chi connectivity index (χ0n) is 11.9. The van der Waals surface area contributed by atoms with Crippen molar-refractivity contribution in [1.82, 2.24) is 0 Å². The molecule has 0 amide bonds. The Labute approximate surface area is 116 Å². The van der Waals surface area contributed by atoms with Gasteiger partial charge in [0.15, 0.2) is 0 Å². The van der Waals surface area contributed by atoms with Gasteiger partial charge in [0.05, 0.1) is 0 Å². The predicted octanol–water partition coefficient (Wildman–Crippen LogP) is 3.98. The van der Waals surface area contributed by atoms with Crippen LogP contribution in [0.3, 0.4) is 0 Å². The van der Waals surface area contributed by atoms with Gasteiger partial charge in [-0.1, -0.05) is 19.4 Å². The van der Waals surface area contributed by atoms with Gasteiger partial charge >= 0.3 is 0 Å². The van der Waals surface area contributed by atoms with Gasteiger partial charge in [-0.3, -0.25) is 0 Å². The van der Waals surface area contributed by atoms with Crippen LogP contribution in [-0.2, 0) is 6.42 Å². The third-order valence-corrected chi connectivity index (χ3v) is 4.89. The number of rotatable bonds is 3. The summed E-state index contributed by atoms with van der Waals surface area (Å²) in [6, 6.07) is 6.75. The first-order valence-electron chi connectivity index (χ1n) is 7.83. The minimum absolute atomic E-state index is 0.238. The first-order valence-corrected chi connectivity index (χ1v) is 7.83. The molecule has 1 saturated carbocycles. The molecule has 0 aromatic heterocycles. The summed E-state index contributed by atoms with van der Waals surface area (Å²) in [5, 5.41) is 0. The fourth-order valence-corrected chi connectivity index (χ4v) is 3.67. The van der Waals surface area contributed by atoms with Crippen molar-refractivity contribution in [1.29, 1.82) is 0 Å². The van der Waals surface area contributed by atoms with Gasteiger partial charge in [-0.15, -0.1) is 0 Å². The molecule has 0 heterocycles. The lowest BCUT2D eigenvalue weighted by Crippen LogP contribution is -2.29. The Kier molecular flexibility index (Phi) is 3.79. The standard InChI is InChI=1S/C17H25NO/c1-2-12-5-3-4-6-17(12)19-14-8-9-15-13(11-14)7-10-16(15)18/h8-9,11-12,16-17H,2-7,10,18H2,1H3/t12?,16-,17?/m1/s1. The van der Waals surface area contributed by atoms with E-state index in [-0.39, 0.29) is 6.04 Å². The van der Waals surface area contributed by atoms with Gasteiger partial charge in [0.2, 0.25) is 0 Å². The van der Waals surface area contributed by atoms with Crippen molar-refractivity contribution in [2.45, 2.75) is 64.0 Å². The largest absolute Gasteiger partial charge is 0.490 e. The Bertz CT molecular complexity index is 443. The van der Waals surface area contributed by atoms with Gasteiger partial charge in [-0.25, -0.2) is 0 Å². The second-order valence-electron chi connectivity index (χ2n) is 6.11. The van der Waals surface area contributed by atoms with Crippen LogP contribution >= 0.6 is 0 Å². The van der Waals surface area contributed by atoms with Crippen molar-refractivity contribution in [2.75, 3.05) is 0 Å². The van der Waals surface area contributed by atoms with Gasteiger partial charge in [-0.2, -0.15) is 0 Å².